The van der Waals surface area contributed by atoms with Crippen LogP contribution in [0.2, 0.25) is 0 Å². The molecule has 15 heavy (non-hydrogen) atoms. The molecule has 1 saturated carbocycles. The molecule has 0 aromatic carbocycles. The molecule has 0 amide bonds. The summed E-state index contributed by atoms with van der Waals surface area (Å²) in [6.45, 7) is 6.26. The van der Waals surface area contributed by atoms with Gasteiger partial charge in [-0.2, -0.15) is 0 Å². The van der Waals surface area contributed by atoms with Crippen LogP contribution in [0.5, 0.6) is 0 Å². The minimum atomic E-state index is -0.0514. The summed E-state index contributed by atoms with van der Waals surface area (Å²) < 4.78 is 5.62. The Morgan fingerprint density at radius 2 is 2.20 bits per heavy atom. The van der Waals surface area contributed by atoms with Crippen LogP contribution in [-0.2, 0) is 4.74 Å². The smallest absolute Gasteiger partial charge is 0.0673 e. The van der Waals surface area contributed by atoms with Crippen LogP contribution in [-0.4, -0.2) is 48.5 Å². The maximum absolute atomic E-state index is 9.80. The zero-order valence-electron chi connectivity index (χ0n) is 9.69. The topological polar surface area (TPSA) is 32.7 Å². The normalized spacial score (nSPS) is 39.2. The molecule has 3 heteroatoms. The van der Waals surface area contributed by atoms with Gasteiger partial charge in [-0.25, -0.2) is 0 Å². The van der Waals surface area contributed by atoms with Gasteiger partial charge in [0.15, 0.2) is 0 Å². The second-order valence-corrected chi connectivity index (χ2v) is 5.05. The molecule has 1 heterocycles. The van der Waals surface area contributed by atoms with Gasteiger partial charge in [0.25, 0.3) is 0 Å². The van der Waals surface area contributed by atoms with Crippen molar-refractivity contribution >= 4 is 0 Å². The third-order valence-corrected chi connectivity index (χ3v) is 3.65. The lowest BCUT2D eigenvalue weighted by atomic mass is 10.1. The molecule has 1 aliphatic carbocycles. The van der Waals surface area contributed by atoms with Gasteiger partial charge < -0.3 is 14.7 Å². The first-order chi connectivity index (χ1) is 7.25. The molecule has 0 aromatic heterocycles. The molecule has 1 N–H and O–H groups in total. The zero-order valence-corrected chi connectivity index (χ0v) is 9.69. The summed E-state index contributed by atoms with van der Waals surface area (Å²) in [5, 5.41) is 9.80. The molecule has 88 valence electrons. The Kier molecular flexibility index (Phi) is 4.00. The molecule has 0 spiro atoms. The fourth-order valence-electron chi connectivity index (χ4n) is 2.81. The van der Waals surface area contributed by atoms with Crippen LogP contribution >= 0.6 is 0 Å². The highest BCUT2D eigenvalue weighted by molar-refractivity contribution is 4.80. The summed E-state index contributed by atoms with van der Waals surface area (Å²) in [5.41, 5.74) is 0. The largest absolute Gasteiger partial charge is 0.393 e. The number of hydrogen-bond acceptors (Lipinski definition) is 3. The van der Waals surface area contributed by atoms with Crippen molar-refractivity contribution in [1.29, 1.82) is 0 Å². The van der Waals surface area contributed by atoms with Crippen LogP contribution in [0.25, 0.3) is 0 Å². The highest BCUT2D eigenvalue weighted by atomic mass is 16.5. The minimum absolute atomic E-state index is 0.0514. The average molecular weight is 213 g/mol. The van der Waals surface area contributed by atoms with Gasteiger partial charge in [0.1, 0.15) is 0 Å². The zero-order chi connectivity index (χ0) is 10.7. The first kappa shape index (κ1) is 11.4. The van der Waals surface area contributed by atoms with E-state index in [-0.39, 0.29) is 6.10 Å². The van der Waals surface area contributed by atoms with Gasteiger partial charge in [-0.3, -0.25) is 0 Å². The van der Waals surface area contributed by atoms with E-state index in [2.05, 4.69) is 11.8 Å². The van der Waals surface area contributed by atoms with Gasteiger partial charge in [0, 0.05) is 26.2 Å². The van der Waals surface area contributed by atoms with E-state index in [1.165, 1.54) is 12.8 Å². The van der Waals surface area contributed by atoms with Crippen molar-refractivity contribution in [1.82, 2.24) is 4.90 Å². The number of aliphatic hydroxyl groups is 1. The summed E-state index contributed by atoms with van der Waals surface area (Å²) in [6, 6.07) is 0. The molecule has 2 fully saturated rings. The third-order valence-electron chi connectivity index (χ3n) is 3.65. The second kappa shape index (κ2) is 5.28. The Labute approximate surface area is 92.4 Å². The lowest BCUT2D eigenvalue weighted by molar-refractivity contribution is 0.0574. The first-order valence-corrected chi connectivity index (χ1v) is 6.27. The molecule has 3 nitrogen and oxygen atoms in total. The average Bonchev–Trinajstić information content (AvgIpc) is 2.48. The molecule has 0 aromatic rings. The van der Waals surface area contributed by atoms with Crippen molar-refractivity contribution in [2.24, 2.45) is 5.92 Å². The quantitative estimate of drug-likeness (QED) is 0.749. The number of nitrogens with zero attached hydrogens (tertiary/aromatic N) is 1. The fraction of sp³-hybridized carbons (Fsp3) is 1.00. The van der Waals surface area contributed by atoms with Gasteiger partial charge in [-0.15, -0.1) is 0 Å². The lowest BCUT2D eigenvalue weighted by Gasteiger charge is -2.26. The van der Waals surface area contributed by atoms with Crippen LogP contribution in [0.4, 0.5) is 0 Å². The van der Waals surface area contributed by atoms with Crippen LogP contribution in [0.3, 0.4) is 0 Å². The van der Waals surface area contributed by atoms with Gasteiger partial charge >= 0.3 is 0 Å². The number of rotatable bonds is 2. The van der Waals surface area contributed by atoms with Crippen molar-refractivity contribution < 1.29 is 9.84 Å². The summed E-state index contributed by atoms with van der Waals surface area (Å²) in [6.07, 6.45) is 4.84. The second-order valence-electron chi connectivity index (χ2n) is 5.05. The summed E-state index contributed by atoms with van der Waals surface area (Å²) in [5.74, 6) is 0.510. The molecular formula is C12H23NO2. The van der Waals surface area contributed by atoms with E-state index in [0.717, 1.165) is 39.1 Å². The summed E-state index contributed by atoms with van der Waals surface area (Å²) >= 11 is 0. The Balaban J connectivity index is 1.81. The number of hydrogen-bond donors (Lipinski definition) is 1. The van der Waals surface area contributed by atoms with Gasteiger partial charge in [0.2, 0.25) is 0 Å². The van der Waals surface area contributed by atoms with E-state index in [1.54, 1.807) is 0 Å². The van der Waals surface area contributed by atoms with Crippen molar-refractivity contribution in [2.75, 3.05) is 26.2 Å². The van der Waals surface area contributed by atoms with Crippen molar-refractivity contribution in [3.63, 3.8) is 0 Å². The minimum Gasteiger partial charge on any atom is -0.393 e. The standard InChI is InChI=1S/C12H23NO2/c1-10-8-13(6-3-7-15-10)9-11-4-2-5-12(11)14/h10-12,14H,2-9H2,1H3. The first-order valence-electron chi connectivity index (χ1n) is 6.27. The van der Waals surface area contributed by atoms with E-state index in [0.29, 0.717) is 12.0 Å². The van der Waals surface area contributed by atoms with Crippen molar-refractivity contribution in [2.45, 2.75) is 44.8 Å². The fourth-order valence-corrected chi connectivity index (χ4v) is 2.81. The van der Waals surface area contributed by atoms with E-state index < -0.39 is 0 Å². The molecule has 1 aliphatic heterocycles. The van der Waals surface area contributed by atoms with Crippen LogP contribution in [0.1, 0.15) is 32.6 Å². The molecule has 0 radical (unpaired) electrons. The Morgan fingerprint density at radius 1 is 1.33 bits per heavy atom. The van der Waals surface area contributed by atoms with Crippen molar-refractivity contribution in [3.05, 3.63) is 0 Å². The molecular weight excluding hydrogens is 190 g/mol. The third kappa shape index (κ3) is 3.16. The van der Waals surface area contributed by atoms with Gasteiger partial charge in [-0.05, 0) is 32.1 Å². The molecule has 0 bridgehead atoms. The van der Waals surface area contributed by atoms with E-state index in [4.69, 9.17) is 4.74 Å². The molecule has 3 unspecified atom stereocenters. The van der Waals surface area contributed by atoms with Crippen LogP contribution in [0.15, 0.2) is 0 Å². The molecule has 3 atom stereocenters. The summed E-state index contributed by atoms with van der Waals surface area (Å²) in [4.78, 5) is 2.47. The summed E-state index contributed by atoms with van der Waals surface area (Å²) in [7, 11) is 0. The monoisotopic (exact) mass is 213 g/mol. The van der Waals surface area contributed by atoms with Gasteiger partial charge in [0.05, 0.1) is 12.2 Å². The van der Waals surface area contributed by atoms with E-state index >= 15 is 0 Å². The van der Waals surface area contributed by atoms with Gasteiger partial charge in [-0.1, -0.05) is 6.42 Å². The van der Waals surface area contributed by atoms with Crippen molar-refractivity contribution in [3.8, 4) is 0 Å². The molecule has 2 rings (SSSR count). The maximum Gasteiger partial charge on any atom is 0.0673 e. The van der Waals surface area contributed by atoms with Crippen LogP contribution in [0, 0.1) is 5.92 Å². The highest BCUT2D eigenvalue weighted by Gasteiger charge is 2.27. The Bertz CT molecular complexity index is 198. The molecule has 1 saturated heterocycles. The highest BCUT2D eigenvalue weighted by Crippen LogP contribution is 2.26. The predicted molar refractivity (Wildman–Crippen MR) is 59.8 cm³/mol. The van der Waals surface area contributed by atoms with Crippen LogP contribution < -0.4 is 0 Å². The SMILES string of the molecule is CC1CN(CC2CCCC2O)CCCO1. The van der Waals surface area contributed by atoms with E-state index in [9.17, 15) is 5.11 Å². The Hall–Kier alpha value is -0.120. The lowest BCUT2D eigenvalue weighted by Crippen LogP contribution is -2.36. The number of aliphatic hydroxyl groups excluding tert-OH is 1. The predicted octanol–water partition coefficient (Wildman–Crippen LogP) is 1.26. The number of ether oxygens (including phenoxy) is 1. The Morgan fingerprint density at radius 3 is 2.93 bits per heavy atom. The maximum atomic E-state index is 9.80. The van der Waals surface area contributed by atoms with E-state index in [1.807, 2.05) is 0 Å². The molecule has 2 aliphatic rings.